The van der Waals surface area contributed by atoms with E-state index in [-0.39, 0.29) is 15.9 Å². The van der Waals surface area contributed by atoms with E-state index in [1.54, 1.807) is 13.8 Å². The molecule has 128 valence electrons. The zero-order valence-electron chi connectivity index (χ0n) is 12.8. The van der Waals surface area contributed by atoms with Gasteiger partial charge in [0.25, 0.3) is 5.91 Å². The number of thiophene rings is 1. The first-order chi connectivity index (χ1) is 11.3. The number of hydrogen-bond acceptors (Lipinski definition) is 5. The van der Waals surface area contributed by atoms with Crippen LogP contribution in [0, 0.1) is 5.82 Å². The molecule has 0 saturated heterocycles. The van der Waals surface area contributed by atoms with Gasteiger partial charge in [-0.25, -0.2) is 14.0 Å². The molecule has 9 heteroatoms. The predicted octanol–water partition coefficient (Wildman–Crippen LogP) is 3.08. The molecule has 1 aromatic heterocycles. The van der Waals surface area contributed by atoms with E-state index in [2.05, 4.69) is 5.32 Å². The van der Waals surface area contributed by atoms with E-state index in [1.807, 2.05) is 5.32 Å². The molecule has 0 aliphatic carbocycles. The average Bonchev–Trinajstić information content (AvgIpc) is 2.80. The Bertz CT molecular complexity index is 806. The van der Waals surface area contributed by atoms with E-state index < -0.39 is 30.3 Å². The predicted molar refractivity (Wildman–Crippen MR) is 88.9 cm³/mol. The van der Waals surface area contributed by atoms with E-state index in [4.69, 9.17) is 16.3 Å². The van der Waals surface area contributed by atoms with Crippen molar-refractivity contribution in [1.82, 2.24) is 10.6 Å². The molecule has 2 N–H and O–H groups in total. The fourth-order valence-corrected chi connectivity index (χ4v) is 3.25. The second-order valence-corrected chi connectivity index (χ2v) is 6.57. The Balaban J connectivity index is 1.99. The molecule has 0 saturated carbocycles. The number of rotatable bonds is 4. The summed E-state index contributed by atoms with van der Waals surface area (Å²) in [5.74, 6) is -2.04. The zero-order chi connectivity index (χ0) is 17.9. The molecule has 3 amide bonds. The summed E-state index contributed by atoms with van der Waals surface area (Å²) in [7, 11) is 0. The first-order valence-corrected chi connectivity index (χ1v) is 8.12. The summed E-state index contributed by atoms with van der Waals surface area (Å²) in [4.78, 5) is 35.0. The summed E-state index contributed by atoms with van der Waals surface area (Å²) in [6.45, 7) is 2.83. The third-order valence-electron chi connectivity index (χ3n) is 2.78. The van der Waals surface area contributed by atoms with Crippen LogP contribution in [-0.2, 0) is 9.53 Å². The van der Waals surface area contributed by atoms with Gasteiger partial charge >= 0.3 is 12.0 Å². The molecule has 0 spiro atoms. The molecule has 0 aliphatic rings. The van der Waals surface area contributed by atoms with Gasteiger partial charge in [-0.05, 0) is 32.0 Å². The number of urea groups is 1. The number of amides is 3. The second-order valence-electron chi connectivity index (χ2n) is 5.14. The lowest BCUT2D eigenvalue weighted by molar-refractivity contribution is -0.123. The number of nitrogens with one attached hydrogen (secondary N) is 2. The van der Waals surface area contributed by atoms with E-state index in [0.717, 1.165) is 11.3 Å². The first kappa shape index (κ1) is 18.2. The van der Waals surface area contributed by atoms with Crippen molar-refractivity contribution in [1.29, 1.82) is 0 Å². The normalized spacial score (nSPS) is 10.7. The highest BCUT2D eigenvalue weighted by molar-refractivity contribution is 7.21. The highest BCUT2D eigenvalue weighted by Gasteiger charge is 2.20. The molecule has 2 rings (SSSR count). The summed E-state index contributed by atoms with van der Waals surface area (Å²) in [6.07, 6.45) is 0. The van der Waals surface area contributed by atoms with Crippen molar-refractivity contribution in [2.75, 3.05) is 6.61 Å². The summed E-state index contributed by atoms with van der Waals surface area (Å²) in [6, 6.07) is 3.13. The number of ether oxygens (including phenoxy) is 1. The molecular weight excluding hydrogens is 359 g/mol. The molecule has 1 heterocycles. The van der Waals surface area contributed by atoms with Crippen molar-refractivity contribution in [2.24, 2.45) is 0 Å². The van der Waals surface area contributed by atoms with Crippen LogP contribution >= 0.6 is 22.9 Å². The van der Waals surface area contributed by atoms with Gasteiger partial charge in [0, 0.05) is 16.1 Å². The van der Waals surface area contributed by atoms with Crippen LogP contribution in [0.2, 0.25) is 5.02 Å². The molecule has 6 nitrogen and oxygen atoms in total. The Morgan fingerprint density at radius 3 is 2.71 bits per heavy atom. The van der Waals surface area contributed by atoms with Crippen LogP contribution < -0.4 is 10.6 Å². The fraction of sp³-hybridized carbons (Fsp3) is 0.267. The summed E-state index contributed by atoms with van der Waals surface area (Å²) < 4.78 is 18.5. The molecule has 0 radical (unpaired) electrons. The van der Waals surface area contributed by atoms with Crippen molar-refractivity contribution < 1.29 is 23.5 Å². The lowest BCUT2D eigenvalue weighted by Gasteiger charge is -2.09. The number of fused-ring (bicyclic) bond motifs is 1. The number of carbonyl (C=O) groups is 3. The van der Waals surface area contributed by atoms with Crippen molar-refractivity contribution in [3.63, 3.8) is 0 Å². The highest BCUT2D eigenvalue weighted by atomic mass is 35.5. The number of carbonyl (C=O) groups excluding carboxylic acids is 3. The summed E-state index contributed by atoms with van der Waals surface area (Å²) >= 11 is 7.05. The van der Waals surface area contributed by atoms with Crippen LogP contribution in [0.1, 0.15) is 23.5 Å². The van der Waals surface area contributed by atoms with Gasteiger partial charge in [-0.15, -0.1) is 11.3 Å². The van der Waals surface area contributed by atoms with Crippen LogP contribution in [0.15, 0.2) is 18.2 Å². The van der Waals surface area contributed by atoms with Crippen LogP contribution in [0.5, 0.6) is 0 Å². The van der Waals surface area contributed by atoms with E-state index in [0.29, 0.717) is 10.1 Å². The maximum Gasteiger partial charge on any atom is 0.350 e. The molecule has 2 aromatic rings. The SMILES string of the molecule is CC(C)NC(=O)NC(=O)COC(=O)c1sc2cc(F)ccc2c1Cl. The number of imide groups is 1. The number of benzene rings is 1. The van der Waals surface area contributed by atoms with E-state index >= 15 is 0 Å². The standard InChI is InChI=1S/C15H14ClFN2O4S/c1-7(2)18-15(22)19-11(20)6-23-14(21)13-12(16)9-4-3-8(17)5-10(9)24-13/h3-5,7H,6H2,1-2H3,(H2,18,19,20,22). The Morgan fingerprint density at radius 1 is 1.33 bits per heavy atom. The van der Waals surface area contributed by atoms with Gasteiger partial charge in [0.05, 0.1) is 5.02 Å². The average molecular weight is 373 g/mol. The molecule has 1 aromatic carbocycles. The number of hydrogen-bond donors (Lipinski definition) is 2. The van der Waals surface area contributed by atoms with Gasteiger partial charge in [-0.2, -0.15) is 0 Å². The third-order valence-corrected chi connectivity index (χ3v) is 4.42. The molecule has 0 fully saturated rings. The molecular formula is C15H14ClFN2O4S. The first-order valence-electron chi connectivity index (χ1n) is 6.93. The Kier molecular flexibility index (Phi) is 5.74. The van der Waals surface area contributed by atoms with Gasteiger partial charge in [-0.1, -0.05) is 11.6 Å². The number of halogens is 2. The third kappa shape index (κ3) is 4.42. The summed E-state index contributed by atoms with van der Waals surface area (Å²) in [5.41, 5.74) is 0. The minimum absolute atomic E-state index is 0.0664. The smallest absolute Gasteiger partial charge is 0.350 e. The van der Waals surface area contributed by atoms with Crippen LogP contribution in [-0.4, -0.2) is 30.6 Å². The van der Waals surface area contributed by atoms with Crippen molar-refractivity contribution in [2.45, 2.75) is 19.9 Å². The maximum absolute atomic E-state index is 13.2. The van der Waals surface area contributed by atoms with Gasteiger partial charge < -0.3 is 10.1 Å². The number of esters is 1. The molecule has 0 unspecified atom stereocenters. The van der Waals surface area contributed by atoms with Crippen LogP contribution in [0.4, 0.5) is 9.18 Å². The monoisotopic (exact) mass is 372 g/mol. The fourth-order valence-electron chi connectivity index (χ4n) is 1.83. The summed E-state index contributed by atoms with van der Waals surface area (Å²) in [5, 5.41) is 5.14. The quantitative estimate of drug-likeness (QED) is 0.808. The molecule has 0 aliphatic heterocycles. The minimum atomic E-state index is -0.818. The Hall–Kier alpha value is -2.19. The van der Waals surface area contributed by atoms with Crippen molar-refractivity contribution in [3.8, 4) is 0 Å². The van der Waals surface area contributed by atoms with E-state index in [1.165, 1.54) is 18.2 Å². The lowest BCUT2D eigenvalue weighted by atomic mass is 10.2. The largest absolute Gasteiger partial charge is 0.451 e. The van der Waals surface area contributed by atoms with Gasteiger partial charge in [-0.3, -0.25) is 10.1 Å². The van der Waals surface area contributed by atoms with Crippen LogP contribution in [0.25, 0.3) is 10.1 Å². The highest BCUT2D eigenvalue weighted by Crippen LogP contribution is 2.36. The topological polar surface area (TPSA) is 84.5 Å². The van der Waals surface area contributed by atoms with Crippen molar-refractivity contribution in [3.05, 3.63) is 33.9 Å². The maximum atomic E-state index is 13.2. The van der Waals surface area contributed by atoms with Gasteiger partial charge in [0.2, 0.25) is 0 Å². The van der Waals surface area contributed by atoms with Crippen molar-refractivity contribution >= 4 is 50.9 Å². The van der Waals surface area contributed by atoms with Crippen LogP contribution in [0.3, 0.4) is 0 Å². The lowest BCUT2D eigenvalue weighted by Crippen LogP contribution is -2.44. The minimum Gasteiger partial charge on any atom is -0.451 e. The van der Waals surface area contributed by atoms with Gasteiger partial charge in [0.1, 0.15) is 10.7 Å². The molecule has 0 atom stereocenters. The zero-order valence-corrected chi connectivity index (χ0v) is 14.4. The molecule has 0 bridgehead atoms. The Morgan fingerprint density at radius 2 is 2.04 bits per heavy atom. The second kappa shape index (κ2) is 7.59. The molecule has 24 heavy (non-hydrogen) atoms. The van der Waals surface area contributed by atoms with E-state index in [9.17, 15) is 18.8 Å². The Labute approximate surface area is 145 Å². The van der Waals surface area contributed by atoms with Gasteiger partial charge in [0.15, 0.2) is 6.61 Å².